The predicted octanol–water partition coefficient (Wildman–Crippen LogP) is 5.01. The van der Waals surface area contributed by atoms with Gasteiger partial charge in [-0.2, -0.15) is 0 Å². The minimum absolute atomic E-state index is 0.0119. The van der Waals surface area contributed by atoms with E-state index in [1.807, 2.05) is 25.1 Å². The van der Waals surface area contributed by atoms with Gasteiger partial charge in [0.2, 0.25) is 0 Å². The topological polar surface area (TPSA) is 43.4 Å². The normalized spacial score (nSPS) is 10.8. The molecule has 0 heterocycles. The van der Waals surface area contributed by atoms with E-state index in [4.69, 9.17) is 16.3 Å². The van der Waals surface area contributed by atoms with Crippen LogP contribution >= 0.6 is 20.2 Å². The maximum Gasteiger partial charge on any atom is 0.343 e. The Balaban J connectivity index is 1.68. The first kappa shape index (κ1) is 18.3. The zero-order valence-corrected chi connectivity index (χ0v) is 15.8. The lowest BCUT2D eigenvalue weighted by atomic mass is 10.1. The van der Waals surface area contributed by atoms with Crippen LogP contribution in [0, 0.1) is 6.92 Å². The third kappa shape index (κ3) is 4.37. The number of ether oxygens (including phenoxy) is 1. The van der Waals surface area contributed by atoms with Crippen LogP contribution in [-0.2, 0) is 0 Å². The zero-order chi connectivity index (χ0) is 18.5. The Morgan fingerprint density at radius 2 is 1.58 bits per heavy atom. The molecule has 3 nitrogen and oxygen atoms in total. The van der Waals surface area contributed by atoms with Crippen molar-refractivity contribution in [2.24, 2.45) is 0 Å². The predicted molar refractivity (Wildman–Crippen MR) is 106 cm³/mol. The lowest BCUT2D eigenvalue weighted by Crippen LogP contribution is -2.09. The average molecular weight is 383 g/mol. The van der Waals surface area contributed by atoms with Crippen LogP contribution in [0.4, 0.5) is 0 Å². The molecule has 0 saturated heterocycles. The molecule has 0 saturated carbocycles. The summed E-state index contributed by atoms with van der Waals surface area (Å²) in [6.07, 6.45) is 0. The molecule has 0 radical (unpaired) electrons. The quantitative estimate of drug-likeness (QED) is 0.354. The SMILES string of the molecule is Cc1cccc(Cl)c1C(=O)Pc1ccc(OC(=O)c2ccccc2)cc1. The summed E-state index contributed by atoms with van der Waals surface area (Å²) >= 11 is 6.16. The molecule has 0 spiro atoms. The number of esters is 1. The van der Waals surface area contributed by atoms with Crippen LogP contribution in [0.2, 0.25) is 5.02 Å². The molecule has 0 aliphatic rings. The van der Waals surface area contributed by atoms with Gasteiger partial charge >= 0.3 is 5.97 Å². The maximum atomic E-state index is 12.5. The molecular formula is C21H16ClO3P. The summed E-state index contributed by atoms with van der Waals surface area (Å²) in [5, 5.41) is 1.32. The minimum Gasteiger partial charge on any atom is -0.423 e. The van der Waals surface area contributed by atoms with Crippen molar-refractivity contribution < 1.29 is 14.3 Å². The lowest BCUT2D eigenvalue weighted by molar-refractivity contribution is 0.0734. The van der Waals surface area contributed by atoms with E-state index in [-0.39, 0.29) is 14.1 Å². The van der Waals surface area contributed by atoms with Gasteiger partial charge < -0.3 is 4.74 Å². The molecule has 0 aromatic heterocycles. The van der Waals surface area contributed by atoms with Crippen molar-refractivity contribution in [2.45, 2.75) is 6.92 Å². The molecule has 130 valence electrons. The van der Waals surface area contributed by atoms with E-state index in [1.165, 1.54) is 0 Å². The summed E-state index contributed by atoms with van der Waals surface area (Å²) in [6, 6.07) is 21.2. The Hall–Kier alpha value is -2.48. The third-order valence-corrected chi connectivity index (χ3v) is 5.20. The standard InChI is InChI=1S/C21H16ClO3P/c1-14-6-5-9-18(22)19(14)21(24)26-17-12-10-16(11-13-17)25-20(23)15-7-3-2-4-8-15/h2-13,26H,1H3. The number of rotatable bonds is 5. The van der Waals surface area contributed by atoms with Crippen molar-refractivity contribution in [3.63, 3.8) is 0 Å². The van der Waals surface area contributed by atoms with Crippen molar-refractivity contribution in [1.29, 1.82) is 0 Å². The molecule has 26 heavy (non-hydrogen) atoms. The van der Waals surface area contributed by atoms with Gasteiger partial charge in [-0.25, -0.2) is 4.79 Å². The number of carbonyl (C=O) groups is 2. The van der Waals surface area contributed by atoms with Crippen molar-refractivity contribution in [2.75, 3.05) is 0 Å². The Morgan fingerprint density at radius 3 is 2.23 bits per heavy atom. The number of carbonyl (C=O) groups excluding carboxylic acids is 2. The lowest BCUT2D eigenvalue weighted by Gasteiger charge is -2.08. The summed E-state index contributed by atoms with van der Waals surface area (Å²) < 4.78 is 5.34. The molecule has 0 amide bonds. The second-order valence-electron chi connectivity index (χ2n) is 5.67. The Labute approximate surface area is 158 Å². The van der Waals surface area contributed by atoms with E-state index in [9.17, 15) is 9.59 Å². The van der Waals surface area contributed by atoms with Crippen LogP contribution in [0.3, 0.4) is 0 Å². The van der Waals surface area contributed by atoms with E-state index in [0.717, 1.165) is 10.9 Å². The second kappa shape index (κ2) is 8.27. The Bertz CT molecular complexity index is 917. The van der Waals surface area contributed by atoms with Gasteiger partial charge in [-0.3, -0.25) is 4.79 Å². The monoisotopic (exact) mass is 382 g/mol. The van der Waals surface area contributed by atoms with Crippen molar-refractivity contribution >= 4 is 37.0 Å². The smallest absolute Gasteiger partial charge is 0.343 e. The largest absolute Gasteiger partial charge is 0.423 e. The van der Waals surface area contributed by atoms with Crippen molar-refractivity contribution in [1.82, 2.24) is 0 Å². The number of benzene rings is 3. The Morgan fingerprint density at radius 1 is 0.885 bits per heavy atom. The molecule has 3 rings (SSSR count). The summed E-state index contributed by atoms with van der Waals surface area (Å²) in [7, 11) is -0.0502. The molecule has 5 heteroatoms. The number of aryl methyl sites for hydroxylation is 1. The average Bonchev–Trinajstić information content (AvgIpc) is 2.64. The van der Waals surface area contributed by atoms with Gasteiger partial charge in [0.25, 0.3) is 0 Å². The van der Waals surface area contributed by atoms with E-state index in [1.54, 1.807) is 54.6 Å². The van der Waals surface area contributed by atoms with Crippen LogP contribution in [0.15, 0.2) is 72.8 Å². The van der Waals surface area contributed by atoms with Crippen LogP contribution in [0.5, 0.6) is 5.75 Å². The molecule has 1 atom stereocenters. The van der Waals surface area contributed by atoms with Crippen molar-refractivity contribution in [3.05, 3.63) is 94.5 Å². The van der Waals surface area contributed by atoms with Gasteiger partial charge in [-0.05, 0) is 56.7 Å². The van der Waals surface area contributed by atoms with Crippen molar-refractivity contribution in [3.8, 4) is 5.75 Å². The molecule has 0 aliphatic heterocycles. The van der Waals surface area contributed by atoms with Gasteiger partial charge in [-0.1, -0.05) is 54.1 Å². The van der Waals surface area contributed by atoms with E-state index >= 15 is 0 Å². The molecule has 0 fully saturated rings. The third-order valence-electron chi connectivity index (χ3n) is 3.78. The van der Waals surface area contributed by atoms with E-state index in [0.29, 0.717) is 21.9 Å². The highest BCUT2D eigenvalue weighted by molar-refractivity contribution is 7.66. The molecule has 3 aromatic carbocycles. The fourth-order valence-electron chi connectivity index (χ4n) is 2.46. The van der Waals surface area contributed by atoms with Crippen LogP contribution < -0.4 is 10.0 Å². The summed E-state index contributed by atoms with van der Waals surface area (Å²) in [5.41, 5.74) is 1.90. The van der Waals surface area contributed by atoms with Gasteiger partial charge in [-0.15, -0.1) is 0 Å². The maximum absolute atomic E-state index is 12.5. The summed E-state index contributed by atoms with van der Waals surface area (Å²) in [6.45, 7) is 1.87. The summed E-state index contributed by atoms with van der Waals surface area (Å²) in [4.78, 5) is 24.6. The first-order valence-electron chi connectivity index (χ1n) is 7.98. The Kier molecular flexibility index (Phi) is 5.82. The summed E-state index contributed by atoms with van der Waals surface area (Å²) in [5.74, 6) is 0.0253. The van der Waals surface area contributed by atoms with Crippen LogP contribution in [-0.4, -0.2) is 11.5 Å². The fraction of sp³-hybridized carbons (Fsp3) is 0.0476. The van der Waals surface area contributed by atoms with Crippen LogP contribution in [0.1, 0.15) is 26.3 Å². The molecule has 0 aliphatic carbocycles. The fourth-order valence-corrected chi connectivity index (χ4v) is 3.90. The van der Waals surface area contributed by atoms with Gasteiger partial charge in [0.05, 0.1) is 10.6 Å². The van der Waals surface area contributed by atoms with Gasteiger partial charge in [0.15, 0.2) is 5.52 Å². The number of hydrogen-bond donors (Lipinski definition) is 0. The zero-order valence-electron chi connectivity index (χ0n) is 14.0. The van der Waals surface area contributed by atoms with E-state index < -0.39 is 5.97 Å². The van der Waals surface area contributed by atoms with Gasteiger partial charge in [0, 0.05) is 5.56 Å². The highest BCUT2D eigenvalue weighted by atomic mass is 35.5. The van der Waals surface area contributed by atoms with E-state index in [2.05, 4.69) is 0 Å². The molecule has 3 aromatic rings. The minimum atomic E-state index is -0.413. The first-order valence-corrected chi connectivity index (χ1v) is 9.36. The highest BCUT2D eigenvalue weighted by Gasteiger charge is 2.14. The molecule has 0 bridgehead atoms. The first-order chi connectivity index (χ1) is 12.5. The van der Waals surface area contributed by atoms with Crippen LogP contribution in [0.25, 0.3) is 0 Å². The van der Waals surface area contributed by atoms with Gasteiger partial charge in [0.1, 0.15) is 5.75 Å². The highest BCUT2D eigenvalue weighted by Crippen LogP contribution is 2.27. The number of hydrogen-bond acceptors (Lipinski definition) is 3. The second-order valence-corrected chi connectivity index (χ2v) is 7.35. The molecule has 1 unspecified atom stereocenters. The molecule has 0 N–H and O–H groups in total. The number of halogens is 1. The molecular weight excluding hydrogens is 367 g/mol.